The summed E-state index contributed by atoms with van der Waals surface area (Å²) in [4.78, 5) is 40.4. The Morgan fingerprint density at radius 1 is 1.03 bits per heavy atom. The van der Waals surface area contributed by atoms with E-state index in [-0.39, 0.29) is 54.9 Å². The second kappa shape index (κ2) is 11.4. The van der Waals surface area contributed by atoms with E-state index in [1.807, 2.05) is 18.2 Å². The van der Waals surface area contributed by atoms with Crippen molar-refractivity contribution in [3.63, 3.8) is 0 Å². The van der Waals surface area contributed by atoms with Gasteiger partial charge in [0.15, 0.2) is 0 Å². The molecule has 0 spiro atoms. The Labute approximate surface area is 222 Å². The smallest absolute Gasteiger partial charge is 0.257 e. The van der Waals surface area contributed by atoms with Crippen molar-refractivity contribution in [3.05, 3.63) is 48.0 Å². The summed E-state index contributed by atoms with van der Waals surface area (Å²) in [5, 5.41) is 5.87. The number of benzene rings is 2. The summed E-state index contributed by atoms with van der Waals surface area (Å²) >= 11 is 0. The number of nitrogens with zero attached hydrogens (tertiary/aromatic N) is 1. The third-order valence-electron chi connectivity index (χ3n) is 7.77. The zero-order chi connectivity index (χ0) is 26.6. The molecule has 2 fully saturated rings. The molecule has 2 aliphatic heterocycles. The molecular formula is C29H35N3O6. The minimum Gasteiger partial charge on any atom is -0.497 e. The molecule has 3 aliphatic rings. The number of ether oxygens (including phenoxy) is 3. The summed E-state index contributed by atoms with van der Waals surface area (Å²) in [5.74, 6) is 0.859. The van der Waals surface area contributed by atoms with Crippen LogP contribution >= 0.6 is 0 Å². The van der Waals surface area contributed by atoms with Gasteiger partial charge in [-0.1, -0.05) is 18.9 Å². The van der Waals surface area contributed by atoms with E-state index in [9.17, 15) is 14.4 Å². The number of nitrogens with one attached hydrogen (secondary N) is 2. The predicted octanol–water partition coefficient (Wildman–Crippen LogP) is 4.23. The van der Waals surface area contributed by atoms with Crippen molar-refractivity contribution in [2.24, 2.45) is 5.92 Å². The zero-order valence-corrected chi connectivity index (χ0v) is 21.9. The minimum atomic E-state index is -0.359. The lowest BCUT2D eigenvalue weighted by molar-refractivity contribution is -0.130. The van der Waals surface area contributed by atoms with Gasteiger partial charge in [-0.2, -0.15) is 0 Å². The molecule has 1 saturated heterocycles. The van der Waals surface area contributed by atoms with Crippen molar-refractivity contribution in [1.29, 1.82) is 0 Å². The molecule has 2 aromatic rings. The van der Waals surface area contributed by atoms with Crippen molar-refractivity contribution in [2.75, 3.05) is 31.4 Å². The zero-order valence-electron chi connectivity index (χ0n) is 21.9. The number of hydrogen-bond donors (Lipinski definition) is 2. The van der Waals surface area contributed by atoms with Gasteiger partial charge in [0, 0.05) is 30.4 Å². The molecule has 1 aliphatic carbocycles. The molecule has 2 heterocycles. The second-order valence-electron chi connectivity index (χ2n) is 10.3. The maximum atomic E-state index is 13.5. The highest BCUT2D eigenvalue weighted by molar-refractivity contribution is 6.00. The molecule has 3 amide bonds. The Bertz CT molecular complexity index is 1190. The molecule has 9 heteroatoms. The molecule has 2 N–H and O–H groups in total. The summed E-state index contributed by atoms with van der Waals surface area (Å²) in [6.45, 7) is 0.261. The van der Waals surface area contributed by atoms with Gasteiger partial charge in [0.2, 0.25) is 11.8 Å². The highest BCUT2D eigenvalue weighted by Gasteiger charge is 2.39. The molecule has 202 valence electrons. The second-order valence-corrected chi connectivity index (χ2v) is 10.3. The average Bonchev–Trinajstić information content (AvgIpc) is 3.46. The minimum absolute atomic E-state index is 0.0113. The third-order valence-corrected chi connectivity index (χ3v) is 7.77. The summed E-state index contributed by atoms with van der Waals surface area (Å²) in [5.41, 5.74) is 1.69. The van der Waals surface area contributed by atoms with Gasteiger partial charge in [-0.3, -0.25) is 14.4 Å². The first-order valence-corrected chi connectivity index (χ1v) is 13.4. The van der Waals surface area contributed by atoms with Gasteiger partial charge < -0.3 is 29.7 Å². The van der Waals surface area contributed by atoms with E-state index in [1.165, 1.54) is 0 Å². The van der Waals surface area contributed by atoms with Gasteiger partial charge in [-0.05, 0) is 56.0 Å². The fourth-order valence-electron chi connectivity index (χ4n) is 5.66. The summed E-state index contributed by atoms with van der Waals surface area (Å²) < 4.78 is 17.6. The van der Waals surface area contributed by atoms with Gasteiger partial charge in [0.1, 0.15) is 24.2 Å². The van der Waals surface area contributed by atoms with Crippen LogP contribution in [-0.4, -0.2) is 61.6 Å². The molecule has 0 radical (unpaired) electrons. The van der Waals surface area contributed by atoms with Crippen LogP contribution in [0.4, 0.5) is 11.4 Å². The standard InChI is InChI=1S/C29H35N3O6/c1-32-24-12-11-22(16-27(33)30-19-8-5-9-21(14-19)36-2)38-26(24)17-37-25-13-10-20(15-23(25)29(32)35)31-28(34)18-6-3-4-7-18/h5,8-10,13-15,18,22,24,26H,3-4,6-7,11-12,16-17H2,1-2H3,(H,30,33)(H,31,34)/t22-,24+,26-/m0/s1. The molecule has 0 aromatic heterocycles. The Balaban J connectivity index is 1.22. The number of likely N-dealkylation sites (N-methyl/N-ethyl adjacent to an activating group) is 1. The molecular weight excluding hydrogens is 486 g/mol. The van der Waals surface area contributed by atoms with Gasteiger partial charge >= 0.3 is 0 Å². The van der Waals surface area contributed by atoms with Crippen LogP contribution in [0, 0.1) is 5.92 Å². The first-order chi connectivity index (χ1) is 18.4. The summed E-state index contributed by atoms with van der Waals surface area (Å²) in [6, 6.07) is 12.2. The molecule has 1 saturated carbocycles. The van der Waals surface area contributed by atoms with Crippen LogP contribution < -0.4 is 20.1 Å². The maximum absolute atomic E-state index is 13.5. The van der Waals surface area contributed by atoms with E-state index < -0.39 is 0 Å². The van der Waals surface area contributed by atoms with Crippen molar-refractivity contribution < 1.29 is 28.6 Å². The summed E-state index contributed by atoms with van der Waals surface area (Å²) in [7, 11) is 3.36. The fraction of sp³-hybridized carbons (Fsp3) is 0.483. The van der Waals surface area contributed by atoms with Crippen LogP contribution in [0.5, 0.6) is 11.5 Å². The SMILES string of the molecule is COc1cccc(NC(=O)C[C@@H]2CC[C@@H]3[C@H](COc4ccc(NC(=O)C5CCCC5)cc4C(=O)N3C)O2)c1. The third kappa shape index (κ3) is 5.78. The summed E-state index contributed by atoms with van der Waals surface area (Å²) in [6.07, 6.45) is 4.90. The number of hydrogen-bond acceptors (Lipinski definition) is 6. The number of anilines is 2. The number of amides is 3. The maximum Gasteiger partial charge on any atom is 0.257 e. The topological polar surface area (TPSA) is 106 Å². The molecule has 0 bridgehead atoms. The van der Waals surface area contributed by atoms with Crippen LogP contribution in [0.15, 0.2) is 42.5 Å². The van der Waals surface area contributed by atoms with Crippen molar-refractivity contribution >= 4 is 29.1 Å². The molecule has 5 rings (SSSR count). The van der Waals surface area contributed by atoms with E-state index in [0.717, 1.165) is 25.7 Å². The van der Waals surface area contributed by atoms with Crippen LogP contribution in [0.1, 0.15) is 55.3 Å². The Morgan fingerprint density at radius 2 is 1.82 bits per heavy atom. The average molecular weight is 522 g/mol. The molecule has 3 atom stereocenters. The quantitative estimate of drug-likeness (QED) is 0.589. The Kier molecular flexibility index (Phi) is 7.83. The van der Waals surface area contributed by atoms with Gasteiger partial charge in [0.05, 0.1) is 31.2 Å². The van der Waals surface area contributed by atoms with E-state index in [0.29, 0.717) is 41.3 Å². The monoisotopic (exact) mass is 521 g/mol. The number of fused-ring (bicyclic) bond motifs is 2. The van der Waals surface area contributed by atoms with E-state index >= 15 is 0 Å². The molecule has 38 heavy (non-hydrogen) atoms. The van der Waals surface area contributed by atoms with Crippen molar-refractivity contribution in [2.45, 2.75) is 63.2 Å². The largest absolute Gasteiger partial charge is 0.497 e. The van der Waals surface area contributed by atoms with Crippen LogP contribution in [0.25, 0.3) is 0 Å². The van der Waals surface area contributed by atoms with Crippen LogP contribution in [-0.2, 0) is 14.3 Å². The first-order valence-electron chi connectivity index (χ1n) is 13.4. The molecule has 2 aromatic carbocycles. The van der Waals surface area contributed by atoms with Gasteiger partial charge in [-0.15, -0.1) is 0 Å². The Hall–Kier alpha value is -3.59. The normalized spacial score (nSPS) is 23.4. The van der Waals surface area contributed by atoms with Crippen LogP contribution in [0.2, 0.25) is 0 Å². The Morgan fingerprint density at radius 3 is 2.61 bits per heavy atom. The number of methoxy groups -OCH3 is 1. The van der Waals surface area contributed by atoms with E-state index in [2.05, 4.69) is 10.6 Å². The lowest BCUT2D eigenvalue weighted by Gasteiger charge is -2.42. The van der Waals surface area contributed by atoms with Crippen molar-refractivity contribution in [3.8, 4) is 11.5 Å². The van der Waals surface area contributed by atoms with Gasteiger partial charge in [-0.25, -0.2) is 0 Å². The molecule has 9 nitrogen and oxygen atoms in total. The van der Waals surface area contributed by atoms with E-state index in [4.69, 9.17) is 14.2 Å². The number of carbonyl (C=O) groups excluding carboxylic acids is 3. The lowest BCUT2D eigenvalue weighted by atomic mass is 9.94. The fourth-order valence-corrected chi connectivity index (χ4v) is 5.66. The highest BCUT2D eigenvalue weighted by atomic mass is 16.5. The highest BCUT2D eigenvalue weighted by Crippen LogP contribution is 2.33. The van der Waals surface area contributed by atoms with Crippen molar-refractivity contribution in [1.82, 2.24) is 4.90 Å². The number of carbonyl (C=O) groups is 3. The molecule has 0 unspecified atom stereocenters. The van der Waals surface area contributed by atoms with Crippen LogP contribution in [0.3, 0.4) is 0 Å². The van der Waals surface area contributed by atoms with Gasteiger partial charge in [0.25, 0.3) is 5.91 Å². The number of rotatable bonds is 6. The van der Waals surface area contributed by atoms with E-state index in [1.54, 1.807) is 43.3 Å². The lowest BCUT2D eigenvalue weighted by Crippen LogP contribution is -2.53. The predicted molar refractivity (Wildman–Crippen MR) is 143 cm³/mol. The first kappa shape index (κ1) is 26.0.